The number of nitrogens with one attached hydrogen (secondary N) is 2. The Kier molecular flexibility index (Phi) is 7.77. The van der Waals surface area contributed by atoms with Crippen LogP contribution < -0.4 is 15.5 Å². The number of hydrogen-bond donors (Lipinski definition) is 2. The lowest BCUT2D eigenvalue weighted by Gasteiger charge is -2.19. The zero-order chi connectivity index (χ0) is 16.9. The Bertz CT molecular complexity index is 566. The number of guanidine groups is 1. The molecule has 134 valence electrons. The number of aliphatic imine (C=N–C) groups is 1. The van der Waals surface area contributed by atoms with E-state index in [1.54, 1.807) is 4.90 Å². The number of carbonyl (C=O) groups is 1. The second-order valence-corrected chi connectivity index (χ2v) is 5.25. The minimum absolute atomic E-state index is 0. The normalized spacial score (nSPS) is 18.3. The van der Waals surface area contributed by atoms with Crippen molar-refractivity contribution >= 4 is 41.5 Å². The molecule has 2 N–H and O–H groups in total. The van der Waals surface area contributed by atoms with Crippen LogP contribution in [0.3, 0.4) is 0 Å². The molecule has 1 aromatic rings. The maximum atomic E-state index is 12.2. The number of anilines is 1. The molecule has 0 saturated carbocycles. The molecule has 1 aliphatic rings. The molecule has 1 aromatic carbocycles. The van der Waals surface area contributed by atoms with Gasteiger partial charge >= 0.3 is 6.18 Å². The molecule has 1 amide bonds. The second kappa shape index (κ2) is 9.09. The highest BCUT2D eigenvalue weighted by Crippen LogP contribution is 2.21. The van der Waals surface area contributed by atoms with E-state index in [2.05, 4.69) is 15.6 Å². The van der Waals surface area contributed by atoms with E-state index in [9.17, 15) is 18.0 Å². The fraction of sp³-hybridized carbons (Fsp3) is 0.467. The van der Waals surface area contributed by atoms with Crippen molar-refractivity contribution in [3.8, 4) is 0 Å². The first-order valence-electron chi connectivity index (χ1n) is 7.28. The van der Waals surface area contributed by atoms with Crippen LogP contribution in [-0.4, -0.2) is 44.2 Å². The van der Waals surface area contributed by atoms with Crippen molar-refractivity contribution in [1.82, 2.24) is 10.6 Å². The Morgan fingerprint density at radius 1 is 1.33 bits per heavy atom. The molecular weight excluding hydrogens is 436 g/mol. The summed E-state index contributed by atoms with van der Waals surface area (Å²) in [4.78, 5) is 17.6. The summed E-state index contributed by atoms with van der Waals surface area (Å²) in [6.07, 6.45) is -4.87. The van der Waals surface area contributed by atoms with E-state index >= 15 is 0 Å². The number of halogens is 4. The van der Waals surface area contributed by atoms with Crippen LogP contribution in [0.15, 0.2) is 35.3 Å². The van der Waals surface area contributed by atoms with E-state index in [1.807, 2.05) is 30.3 Å². The number of hydrogen-bond acceptors (Lipinski definition) is 2. The van der Waals surface area contributed by atoms with Gasteiger partial charge < -0.3 is 15.5 Å². The average Bonchev–Trinajstić information content (AvgIpc) is 2.86. The van der Waals surface area contributed by atoms with Gasteiger partial charge in [-0.15, -0.1) is 24.0 Å². The van der Waals surface area contributed by atoms with Crippen LogP contribution in [0.4, 0.5) is 18.9 Å². The molecule has 0 aliphatic carbocycles. The molecule has 24 heavy (non-hydrogen) atoms. The monoisotopic (exact) mass is 456 g/mol. The molecule has 0 aromatic heterocycles. The molecule has 1 heterocycles. The number of amides is 1. The zero-order valence-corrected chi connectivity index (χ0v) is 15.5. The Morgan fingerprint density at radius 3 is 2.58 bits per heavy atom. The summed E-state index contributed by atoms with van der Waals surface area (Å²) in [7, 11) is 1.48. The predicted molar refractivity (Wildman–Crippen MR) is 97.8 cm³/mol. The van der Waals surface area contributed by atoms with Gasteiger partial charge in [0, 0.05) is 32.2 Å². The Morgan fingerprint density at radius 2 is 2.00 bits per heavy atom. The third kappa shape index (κ3) is 6.17. The Labute approximate surface area is 155 Å². The van der Waals surface area contributed by atoms with E-state index in [0.29, 0.717) is 6.54 Å². The van der Waals surface area contributed by atoms with Crippen molar-refractivity contribution in [1.29, 1.82) is 0 Å². The van der Waals surface area contributed by atoms with Gasteiger partial charge in [0.15, 0.2) is 5.96 Å². The third-order valence-electron chi connectivity index (χ3n) is 3.46. The van der Waals surface area contributed by atoms with Crippen molar-refractivity contribution < 1.29 is 18.0 Å². The molecule has 1 unspecified atom stereocenters. The minimum Gasteiger partial charge on any atom is -0.356 e. The van der Waals surface area contributed by atoms with Crippen molar-refractivity contribution in [3.05, 3.63) is 30.3 Å². The van der Waals surface area contributed by atoms with Gasteiger partial charge in [0.05, 0.1) is 12.5 Å². The van der Waals surface area contributed by atoms with Crippen LogP contribution in [-0.2, 0) is 4.79 Å². The lowest BCUT2D eigenvalue weighted by molar-refractivity contribution is -0.132. The van der Waals surface area contributed by atoms with E-state index in [1.165, 1.54) is 7.05 Å². The lowest BCUT2D eigenvalue weighted by atomic mass is 10.2. The predicted octanol–water partition coefficient (Wildman–Crippen LogP) is 2.53. The fourth-order valence-corrected chi connectivity index (χ4v) is 2.37. The molecule has 1 saturated heterocycles. The number of nitrogens with zero attached hydrogens (tertiary/aromatic N) is 2. The van der Waals surface area contributed by atoms with Crippen LogP contribution in [0, 0.1) is 0 Å². The van der Waals surface area contributed by atoms with Crippen LogP contribution in [0.1, 0.15) is 12.8 Å². The van der Waals surface area contributed by atoms with E-state index in [4.69, 9.17) is 0 Å². The fourth-order valence-electron chi connectivity index (χ4n) is 2.37. The summed E-state index contributed by atoms with van der Waals surface area (Å²) >= 11 is 0. The van der Waals surface area contributed by atoms with Crippen molar-refractivity contribution in [2.75, 3.05) is 25.0 Å². The average molecular weight is 456 g/mol. The molecule has 0 bridgehead atoms. The quantitative estimate of drug-likeness (QED) is 0.416. The first-order valence-corrected chi connectivity index (χ1v) is 7.28. The van der Waals surface area contributed by atoms with Gasteiger partial charge in [0.25, 0.3) is 0 Å². The molecule has 2 rings (SSSR count). The lowest BCUT2D eigenvalue weighted by Crippen LogP contribution is -2.45. The maximum Gasteiger partial charge on any atom is 0.390 e. The number of carbonyl (C=O) groups excluding carboxylic acids is 1. The van der Waals surface area contributed by atoms with Gasteiger partial charge in [-0.25, -0.2) is 0 Å². The highest BCUT2D eigenvalue weighted by atomic mass is 127. The van der Waals surface area contributed by atoms with Crippen molar-refractivity contribution in [2.24, 2.45) is 4.99 Å². The maximum absolute atomic E-state index is 12.2. The summed E-state index contributed by atoms with van der Waals surface area (Å²) in [6.45, 7) is 0.190. The van der Waals surface area contributed by atoms with Gasteiger partial charge in [-0.1, -0.05) is 18.2 Å². The van der Waals surface area contributed by atoms with E-state index in [0.717, 1.165) is 5.69 Å². The summed E-state index contributed by atoms with van der Waals surface area (Å²) < 4.78 is 36.5. The van der Waals surface area contributed by atoms with Crippen molar-refractivity contribution in [3.63, 3.8) is 0 Å². The third-order valence-corrected chi connectivity index (χ3v) is 3.46. The highest BCUT2D eigenvalue weighted by molar-refractivity contribution is 14.0. The summed E-state index contributed by atoms with van der Waals surface area (Å²) in [5.74, 6) is 0.237. The first-order chi connectivity index (χ1) is 10.9. The van der Waals surface area contributed by atoms with Gasteiger partial charge in [-0.2, -0.15) is 13.2 Å². The smallest absolute Gasteiger partial charge is 0.356 e. The standard InChI is InChI=1S/C15H19F3N4O.HI/c1-19-14(20-8-7-15(16,17)18)21-11-9-13(23)22(10-11)12-5-3-2-4-6-12;/h2-6,11H,7-10H2,1H3,(H2,19,20,21);1H. The number of rotatable bonds is 4. The summed E-state index contributed by atoms with van der Waals surface area (Å²) in [6, 6.07) is 9.06. The van der Waals surface area contributed by atoms with Gasteiger partial charge in [-0.05, 0) is 12.1 Å². The highest BCUT2D eigenvalue weighted by Gasteiger charge is 2.31. The molecule has 1 aliphatic heterocycles. The molecule has 9 heteroatoms. The van der Waals surface area contributed by atoms with Crippen LogP contribution >= 0.6 is 24.0 Å². The summed E-state index contributed by atoms with van der Waals surface area (Å²) in [5.41, 5.74) is 0.807. The van der Waals surface area contributed by atoms with Crippen LogP contribution in [0.5, 0.6) is 0 Å². The SMILES string of the molecule is CN=C(NCCC(F)(F)F)NC1CC(=O)N(c2ccccc2)C1.I. The largest absolute Gasteiger partial charge is 0.390 e. The van der Waals surface area contributed by atoms with Gasteiger partial charge in [0.1, 0.15) is 0 Å². The number of benzene rings is 1. The zero-order valence-electron chi connectivity index (χ0n) is 13.1. The molecular formula is C15H20F3IN4O. The molecule has 1 fully saturated rings. The topological polar surface area (TPSA) is 56.7 Å². The van der Waals surface area contributed by atoms with E-state index < -0.39 is 12.6 Å². The Hall–Kier alpha value is -1.52. The second-order valence-electron chi connectivity index (χ2n) is 5.25. The van der Waals surface area contributed by atoms with Gasteiger partial charge in [-0.3, -0.25) is 9.79 Å². The van der Waals surface area contributed by atoms with Gasteiger partial charge in [0.2, 0.25) is 5.91 Å². The minimum atomic E-state index is -4.21. The molecule has 5 nitrogen and oxygen atoms in total. The Balaban J connectivity index is 0.00000288. The molecule has 0 spiro atoms. The summed E-state index contributed by atoms with van der Waals surface area (Å²) in [5, 5.41) is 5.60. The molecule has 1 atom stereocenters. The molecule has 0 radical (unpaired) electrons. The van der Waals surface area contributed by atoms with Crippen LogP contribution in [0.2, 0.25) is 0 Å². The van der Waals surface area contributed by atoms with Crippen molar-refractivity contribution in [2.45, 2.75) is 25.1 Å². The van der Waals surface area contributed by atoms with E-state index in [-0.39, 0.29) is 54.9 Å². The number of para-hydroxylation sites is 1. The number of alkyl halides is 3. The van der Waals surface area contributed by atoms with Crippen LogP contribution in [0.25, 0.3) is 0 Å². The first kappa shape index (κ1) is 20.5.